The van der Waals surface area contributed by atoms with Gasteiger partial charge in [0, 0.05) is 30.3 Å². The SMILES string of the molecule is COc1c(C)cc(NC(=O)N2CCSCC2)cc1C. The number of hydrogen-bond donors (Lipinski definition) is 1. The summed E-state index contributed by atoms with van der Waals surface area (Å²) in [5.41, 5.74) is 2.90. The predicted molar refractivity (Wildman–Crippen MR) is 80.4 cm³/mol. The molecule has 1 N–H and O–H groups in total. The molecule has 5 heteroatoms. The lowest BCUT2D eigenvalue weighted by molar-refractivity contribution is 0.217. The van der Waals surface area contributed by atoms with Crippen LogP contribution in [0, 0.1) is 13.8 Å². The number of hydrogen-bond acceptors (Lipinski definition) is 3. The van der Waals surface area contributed by atoms with E-state index in [1.807, 2.05) is 42.6 Å². The Kier molecular flexibility index (Phi) is 4.58. The fraction of sp³-hybridized carbons (Fsp3) is 0.500. The molecule has 104 valence electrons. The van der Waals surface area contributed by atoms with Crippen molar-refractivity contribution in [3.63, 3.8) is 0 Å². The first-order valence-electron chi connectivity index (χ1n) is 6.40. The molecular weight excluding hydrogens is 260 g/mol. The zero-order valence-electron chi connectivity index (χ0n) is 11.7. The number of amides is 2. The number of aryl methyl sites for hydroxylation is 2. The smallest absolute Gasteiger partial charge is 0.321 e. The number of nitrogens with zero attached hydrogens (tertiary/aromatic N) is 1. The van der Waals surface area contributed by atoms with Crippen LogP contribution in [0.3, 0.4) is 0 Å². The molecule has 0 saturated carbocycles. The van der Waals surface area contributed by atoms with Crippen LogP contribution in [0.15, 0.2) is 12.1 Å². The van der Waals surface area contributed by atoms with Crippen molar-refractivity contribution in [1.82, 2.24) is 4.90 Å². The van der Waals surface area contributed by atoms with Gasteiger partial charge < -0.3 is 15.0 Å². The highest BCUT2D eigenvalue weighted by molar-refractivity contribution is 7.99. The van der Waals surface area contributed by atoms with E-state index in [1.54, 1.807) is 7.11 Å². The Morgan fingerprint density at radius 1 is 1.26 bits per heavy atom. The Labute approximate surface area is 118 Å². The lowest BCUT2D eigenvalue weighted by Crippen LogP contribution is -2.40. The van der Waals surface area contributed by atoms with Crippen LogP contribution in [0.5, 0.6) is 5.75 Å². The van der Waals surface area contributed by atoms with Crippen molar-refractivity contribution in [2.45, 2.75) is 13.8 Å². The summed E-state index contributed by atoms with van der Waals surface area (Å²) in [7, 11) is 1.67. The van der Waals surface area contributed by atoms with Crippen LogP contribution in [0.1, 0.15) is 11.1 Å². The fourth-order valence-corrected chi connectivity index (χ4v) is 3.22. The number of nitrogens with one attached hydrogen (secondary N) is 1. The molecule has 0 radical (unpaired) electrons. The largest absolute Gasteiger partial charge is 0.496 e. The number of carbonyl (C=O) groups excluding carboxylic acids is 1. The van der Waals surface area contributed by atoms with E-state index >= 15 is 0 Å². The summed E-state index contributed by atoms with van der Waals surface area (Å²) in [5, 5.41) is 2.97. The molecule has 2 rings (SSSR count). The molecule has 1 aliphatic heterocycles. The van der Waals surface area contributed by atoms with E-state index in [0.29, 0.717) is 0 Å². The van der Waals surface area contributed by atoms with E-state index in [1.165, 1.54) is 0 Å². The summed E-state index contributed by atoms with van der Waals surface area (Å²) in [6.45, 7) is 5.62. The maximum Gasteiger partial charge on any atom is 0.321 e. The molecule has 1 aromatic rings. The monoisotopic (exact) mass is 280 g/mol. The Morgan fingerprint density at radius 3 is 2.37 bits per heavy atom. The second-order valence-corrected chi connectivity index (χ2v) is 5.90. The van der Waals surface area contributed by atoms with Crippen LogP contribution in [0.2, 0.25) is 0 Å². The molecule has 1 fully saturated rings. The van der Waals surface area contributed by atoms with E-state index in [2.05, 4.69) is 5.32 Å². The Balaban J connectivity index is 2.08. The first kappa shape index (κ1) is 14.1. The minimum absolute atomic E-state index is 0.00994. The molecule has 0 spiro atoms. The summed E-state index contributed by atoms with van der Waals surface area (Å²) in [4.78, 5) is 14.0. The fourth-order valence-electron chi connectivity index (χ4n) is 2.31. The summed E-state index contributed by atoms with van der Waals surface area (Å²) in [5.74, 6) is 2.93. The van der Waals surface area contributed by atoms with Gasteiger partial charge in [-0.1, -0.05) is 0 Å². The second-order valence-electron chi connectivity index (χ2n) is 4.67. The molecule has 0 aliphatic carbocycles. The zero-order valence-corrected chi connectivity index (χ0v) is 12.5. The topological polar surface area (TPSA) is 41.6 Å². The number of methoxy groups -OCH3 is 1. The third kappa shape index (κ3) is 3.35. The third-order valence-electron chi connectivity index (χ3n) is 3.21. The first-order valence-corrected chi connectivity index (χ1v) is 7.56. The van der Waals surface area contributed by atoms with Gasteiger partial charge in [-0.25, -0.2) is 4.79 Å². The molecule has 0 unspecified atom stereocenters. The van der Waals surface area contributed by atoms with E-state index in [9.17, 15) is 4.79 Å². The molecule has 1 aromatic carbocycles. The summed E-state index contributed by atoms with van der Waals surface area (Å²) < 4.78 is 5.33. The van der Waals surface area contributed by atoms with E-state index in [-0.39, 0.29) is 6.03 Å². The molecule has 1 heterocycles. The first-order chi connectivity index (χ1) is 9.11. The number of anilines is 1. The highest BCUT2D eigenvalue weighted by Crippen LogP contribution is 2.27. The van der Waals surface area contributed by atoms with Crippen molar-refractivity contribution in [1.29, 1.82) is 0 Å². The molecule has 1 saturated heterocycles. The number of benzene rings is 1. The molecule has 19 heavy (non-hydrogen) atoms. The Morgan fingerprint density at radius 2 is 1.84 bits per heavy atom. The highest BCUT2D eigenvalue weighted by Gasteiger charge is 2.17. The molecule has 0 bridgehead atoms. The van der Waals surface area contributed by atoms with Crippen LogP contribution in [-0.2, 0) is 0 Å². The minimum atomic E-state index is -0.00994. The molecular formula is C14H20N2O2S. The predicted octanol–water partition coefficient (Wildman–Crippen LogP) is 2.89. The van der Waals surface area contributed by atoms with Crippen molar-refractivity contribution in [2.75, 3.05) is 37.0 Å². The molecule has 4 nitrogen and oxygen atoms in total. The molecule has 2 amide bonds. The van der Waals surface area contributed by atoms with Gasteiger partial charge in [-0.15, -0.1) is 0 Å². The van der Waals surface area contributed by atoms with Gasteiger partial charge in [0.1, 0.15) is 5.75 Å². The van der Waals surface area contributed by atoms with Crippen molar-refractivity contribution < 1.29 is 9.53 Å². The summed E-state index contributed by atoms with van der Waals surface area (Å²) in [6.07, 6.45) is 0. The minimum Gasteiger partial charge on any atom is -0.496 e. The van der Waals surface area contributed by atoms with Gasteiger partial charge in [-0.05, 0) is 37.1 Å². The maximum absolute atomic E-state index is 12.1. The van der Waals surface area contributed by atoms with Crippen molar-refractivity contribution in [2.24, 2.45) is 0 Å². The summed E-state index contributed by atoms with van der Waals surface area (Å²) >= 11 is 1.89. The van der Waals surface area contributed by atoms with Crippen molar-refractivity contribution in [3.05, 3.63) is 23.3 Å². The highest BCUT2D eigenvalue weighted by atomic mass is 32.2. The number of rotatable bonds is 2. The van der Waals surface area contributed by atoms with Crippen LogP contribution in [0.25, 0.3) is 0 Å². The average Bonchev–Trinajstić information content (AvgIpc) is 2.39. The van der Waals surface area contributed by atoms with Gasteiger partial charge in [-0.2, -0.15) is 11.8 Å². The van der Waals surface area contributed by atoms with Gasteiger partial charge >= 0.3 is 6.03 Å². The number of ether oxygens (including phenoxy) is 1. The van der Waals surface area contributed by atoms with Gasteiger partial charge in [0.2, 0.25) is 0 Å². The Bertz CT molecular complexity index is 448. The summed E-state index contributed by atoms with van der Waals surface area (Å²) in [6, 6.07) is 3.88. The molecule has 1 aliphatic rings. The van der Waals surface area contributed by atoms with Gasteiger partial charge in [-0.3, -0.25) is 0 Å². The van der Waals surface area contributed by atoms with Crippen LogP contribution in [-0.4, -0.2) is 42.6 Å². The molecule has 0 aromatic heterocycles. The van der Waals surface area contributed by atoms with E-state index in [4.69, 9.17) is 4.74 Å². The Hall–Kier alpha value is -1.36. The van der Waals surface area contributed by atoms with Gasteiger partial charge in [0.25, 0.3) is 0 Å². The maximum atomic E-state index is 12.1. The van der Waals surface area contributed by atoms with Gasteiger partial charge in [0.05, 0.1) is 7.11 Å². The quantitative estimate of drug-likeness (QED) is 0.905. The standard InChI is InChI=1S/C14H20N2O2S/c1-10-8-12(9-11(2)13(10)18-3)15-14(17)16-4-6-19-7-5-16/h8-9H,4-7H2,1-3H3,(H,15,17). The van der Waals surface area contributed by atoms with Crippen LogP contribution >= 0.6 is 11.8 Å². The number of urea groups is 1. The lowest BCUT2D eigenvalue weighted by atomic mass is 10.1. The third-order valence-corrected chi connectivity index (χ3v) is 4.16. The lowest BCUT2D eigenvalue weighted by Gasteiger charge is -2.26. The molecule has 0 atom stereocenters. The van der Waals surface area contributed by atoms with Crippen molar-refractivity contribution >= 4 is 23.5 Å². The van der Waals surface area contributed by atoms with Gasteiger partial charge in [0.15, 0.2) is 0 Å². The normalized spacial score (nSPS) is 15.2. The second kappa shape index (κ2) is 6.19. The van der Waals surface area contributed by atoms with E-state index in [0.717, 1.165) is 47.2 Å². The van der Waals surface area contributed by atoms with Crippen LogP contribution < -0.4 is 10.1 Å². The van der Waals surface area contributed by atoms with Crippen LogP contribution in [0.4, 0.5) is 10.5 Å². The zero-order chi connectivity index (χ0) is 13.8. The van der Waals surface area contributed by atoms with Crippen molar-refractivity contribution in [3.8, 4) is 5.75 Å². The number of carbonyl (C=O) groups is 1. The number of thioether (sulfide) groups is 1. The van der Waals surface area contributed by atoms with E-state index < -0.39 is 0 Å². The average molecular weight is 280 g/mol.